The fourth-order valence-electron chi connectivity index (χ4n) is 3.38. The summed E-state index contributed by atoms with van der Waals surface area (Å²) >= 11 is 0. The molecule has 0 fully saturated rings. The van der Waals surface area contributed by atoms with Crippen LogP contribution in [0.3, 0.4) is 0 Å². The topological polar surface area (TPSA) is 27.7 Å². The predicted molar refractivity (Wildman–Crippen MR) is 119 cm³/mol. The molecule has 0 amide bonds. The van der Waals surface area contributed by atoms with Gasteiger partial charge < -0.3 is 14.2 Å². The maximum Gasteiger partial charge on any atom is 0.161 e. The zero-order valence-electron chi connectivity index (χ0n) is 18.1. The summed E-state index contributed by atoms with van der Waals surface area (Å²) in [4.78, 5) is 0. The number of hydrogen-bond donors (Lipinski definition) is 0. The van der Waals surface area contributed by atoms with Gasteiger partial charge in [-0.2, -0.15) is 0 Å². The first kappa shape index (κ1) is 22.4. The normalized spacial score (nSPS) is 11.0. The minimum Gasteiger partial charge on any atom is -0.494 e. The fourth-order valence-corrected chi connectivity index (χ4v) is 3.38. The lowest BCUT2D eigenvalue weighted by molar-refractivity contribution is 0.285. The number of hydrogen-bond acceptors (Lipinski definition) is 3. The monoisotopic (exact) mass is 386 g/mol. The fraction of sp³-hybridized carbons (Fsp3) is 0.600. The number of rotatable bonds is 15. The smallest absolute Gasteiger partial charge is 0.161 e. The van der Waals surface area contributed by atoms with Crippen LogP contribution >= 0.6 is 0 Å². The standard InChI is InChI=1S/C25H38O3/c1-4-6-8-10-12-16-27-23-15-14-21-19-24(26-3)25(20-22(21)18-23)28-17-13-11-9-7-5-2/h14-15,18-20H,4-13,16-17H2,1-3H3. The van der Waals surface area contributed by atoms with Crippen LogP contribution in [-0.2, 0) is 0 Å². The van der Waals surface area contributed by atoms with Crippen molar-refractivity contribution in [1.29, 1.82) is 0 Å². The second kappa shape index (κ2) is 13.3. The second-order valence-corrected chi connectivity index (χ2v) is 7.54. The van der Waals surface area contributed by atoms with E-state index in [4.69, 9.17) is 14.2 Å². The van der Waals surface area contributed by atoms with Gasteiger partial charge in [-0.3, -0.25) is 0 Å². The van der Waals surface area contributed by atoms with E-state index in [9.17, 15) is 0 Å². The Morgan fingerprint density at radius 3 is 1.86 bits per heavy atom. The highest BCUT2D eigenvalue weighted by atomic mass is 16.5. The van der Waals surface area contributed by atoms with Crippen molar-refractivity contribution in [2.45, 2.75) is 78.1 Å². The van der Waals surface area contributed by atoms with Crippen LogP contribution < -0.4 is 14.2 Å². The highest BCUT2D eigenvalue weighted by Crippen LogP contribution is 2.34. The Hall–Kier alpha value is -1.90. The lowest BCUT2D eigenvalue weighted by atomic mass is 10.1. The van der Waals surface area contributed by atoms with Crippen molar-refractivity contribution < 1.29 is 14.2 Å². The van der Waals surface area contributed by atoms with E-state index in [-0.39, 0.29) is 0 Å². The zero-order chi connectivity index (χ0) is 20.0. The SMILES string of the molecule is CCCCCCCOc1ccc2cc(OC)c(OCCCCCCC)cc2c1. The zero-order valence-corrected chi connectivity index (χ0v) is 18.1. The summed E-state index contributed by atoms with van der Waals surface area (Å²) in [6.45, 7) is 6.00. The molecule has 2 rings (SSSR count). The quantitative estimate of drug-likeness (QED) is 0.296. The van der Waals surface area contributed by atoms with Crippen LogP contribution in [0.4, 0.5) is 0 Å². The Balaban J connectivity index is 1.92. The Bertz CT molecular complexity index is 681. The molecule has 0 spiro atoms. The lowest BCUT2D eigenvalue weighted by Crippen LogP contribution is -2.00. The van der Waals surface area contributed by atoms with E-state index in [1.54, 1.807) is 7.11 Å². The summed E-state index contributed by atoms with van der Waals surface area (Å²) in [7, 11) is 1.70. The number of methoxy groups -OCH3 is 1. The van der Waals surface area contributed by atoms with Gasteiger partial charge in [0.15, 0.2) is 11.5 Å². The molecular weight excluding hydrogens is 348 g/mol. The summed E-state index contributed by atoms with van der Waals surface area (Å²) < 4.78 is 17.5. The molecule has 0 saturated carbocycles. The maximum atomic E-state index is 6.03. The van der Waals surface area contributed by atoms with Gasteiger partial charge in [-0.15, -0.1) is 0 Å². The molecule has 0 unspecified atom stereocenters. The van der Waals surface area contributed by atoms with Crippen LogP contribution in [0.2, 0.25) is 0 Å². The molecule has 3 nitrogen and oxygen atoms in total. The van der Waals surface area contributed by atoms with Crippen LogP contribution in [0, 0.1) is 0 Å². The number of benzene rings is 2. The molecule has 0 N–H and O–H groups in total. The summed E-state index contributed by atoms with van der Waals surface area (Å²) in [5, 5.41) is 2.27. The minimum atomic E-state index is 0.736. The van der Waals surface area contributed by atoms with Crippen molar-refractivity contribution in [2.75, 3.05) is 20.3 Å². The first-order valence-electron chi connectivity index (χ1n) is 11.2. The van der Waals surface area contributed by atoms with Gasteiger partial charge in [0.25, 0.3) is 0 Å². The molecule has 0 saturated heterocycles. The van der Waals surface area contributed by atoms with E-state index in [0.717, 1.165) is 54.1 Å². The third-order valence-corrected chi connectivity index (χ3v) is 5.12. The van der Waals surface area contributed by atoms with Gasteiger partial charge >= 0.3 is 0 Å². The van der Waals surface area contributed by atoms with E-state index >= 15 is 0 Å². The number of ether oxygens (including phenoxy) is 3. The second-order valence-electron chi connectivity index (χ2n) is 7.54. The molecule has 0 radical (unpaired) electrons. The van der Waals surface area contributed by atoms with E-state index < -0.39 is 0 Å². The molecule has 156 valence electrons. The highest BCUT2D eigenvalue weighted by Gasteiger charge is 2.08. The van der Waals surface area contributed by atoms with Crippen LogP contribution in [0.1, 0.15) is 78.1 Å². The minimum absolute atomic E-state index is 0.736. The average Bonchev–Trinajstić information content (AvgIpc) is 2.72. The molecule has 0 aliphatic carbocycles. The molecule has 28 heavy (non-hydrogen) atoms. The summed E-state index contributed by atoms with van der Waals surface area (Å²) in [5.41, 5.74) is 0. The molecular formula is C25H38O3. The third-order valence-electron chi connectivity index (χ3n) is 5.12. The van der Waals surface area contributed by atoms with Crippen LogP contribution in [0.5, 0.6) is 17.2 Å². The number of fused-ring (bicyclic) bond motifs is 1. The molecule has 0 heterocycles. The lowest BCUT2D eigenvalue weighted by Gasteiger charge is -2.13. The van der Waals surface area contributed by atoms with Crippen LogP contribution in [0.25, 0.3) is 10.8 Å². The molecule has 2 aromatic rings. The summed E-state index contributed by atoms with van der Waals surface area (Å²) in [6, 6.07) is 10.4. The molecule has 2 aromatic carbocycles. The predicted octanol–water partition coefficient (Wildman–Crippen LogP) is 7.55. The Morgan fingerprint density at radius 1 is 0.607 bits per heavy atom. The van der Waals surface area contributed by atoms with Gasteiger partial charge in [-0.25, -0.2) is 0 Å². The van der Waals surface area contributed by atoms with Crippen molar-refractivity contribution in [2.24, 2.45) is 0 Å². The number of unbranched alkanes of at least 4 members (excludes halogenated alkanes) is 8. The maximum absolute atomic E-state index is 6.03. The summed E-state index contributed by atoms with van der Waals surface area (Å²) in [5.74, 6) is 2.55. The molecule has 3 heteroatoms. The highest BCUT2D eigenvalue weighted by molar-refractivity contribution is 5.87. The van der Waals surface area contributed by atoms with Crippen molar-refractivity contribution in [3.8, 4) is 17.2 Å². The van der Waals surface area contributed by atoms with E-state index in [0.29, 0.717) is 0 Å². The average molecular weight is 387 g/mol. The van der Waals surface area contributed by atoms with Gasteiger partial charge in [0.2, 0.25) is 0 Å². The Morgan fingerprint density at radius 2 is 1.21 bits per heavy atom. The Kier molecular flexibility index (Phi) is 10.6. The molecule has 0 aliphatic rings. The van der Waals surface area contributed by atoms with Gasteiger partial charge in [0.05, 0.1) is 20.3 Å². The van der Waals surface area contributed by atoms with Crippen LogP contribution in [0.15, 0.2) is 30.3 Å². The molecule has 0 atom stereocenters. The van der Waals surface area contributed by atoms with Crippen molar-refractivity contribution in [3.05, 3.63) is 30.3 Å². The third kappa shape index (κ3) is 7.61. The first-order valence-corrected chi connectivity index (χ1v) is 11.2. The van der Waals surface area contributed by atoms with Crippen molar-refractivity contribution >= 4 is 10.8 Å². The van der Waals surface area contributed by atoms with Gasteiger partial charge in [-0.05, 0) is 47.9 Å². The largest absolute Gasteiger partial charge is 0.494 e. The van der Waals surface area contributed by atoms with Crippen molar-refractivity contribution in [3.63, 3.8) is 0 Å². The van der Waals surface area contributed by atoms with Crippen LogP contribution in [-0.4, -0.2) is 20.3 Å². The molecule has 0 bridgehead atoms. The summed E-state index contributed by atoms with van der Waals surface area (Å²) in [6.07, 6.45) is 12.4. The van der Waals surface area contributed by atoms with Gasteiger partial charge in [-0.1, -0.05) is 71.3 Å². The van der Waals surface area contributed by atoms with E-state index in [1.807, 2.05) is 6.07 Å². The van der Waals surface area contributed by atoms with Gasteiger partial charge in [0.1, 0.15) is 5.75 Å². The van der Waals surface area contributed by atoms with E-state index in [2.05, 4.69) is 38.1 Å². The molecule has 0 aromatic heterocycles. The van der Waals surface area contributed by atoms with Crippen molar-refractivity contribution in [1.82, 2.24) is 0 Å². The Labute approximate surface area is 171 Å². The van der Waals surface area contributed by atoms with Gasteiger partial charge in [0, 0.05) is 0 Å². The van der Waals surface area contributed by atoms with E-state index in [1.165, 1.54) is 51.4 Å². The molecule has 0 aliphatic heterocycles. The first-order chi connectivity index (χ1) is 13.8.